The number of nitrogens with one attached hydrogen (secondary N) is 1. The summed E-state index contributed by atoms with van der Waals surface area (Å²) in [4.78, 5) is 27.5. The van der Waals surface area contributed by atoms with Crippen LogP contribution in [0.15, 0.2) is 59.5 Å². The molecule has 1 saturated heterocycles. The maximum Gasteiger partial charge on any atom is 0.270 e. The molecular formula is C28H25ClN2O5S2. The molecule has 0 radical (unpaired) electrons. The minimum absolute atomic E-state index is 0.230. The highest BCUT2D eigenvalue weighted by atomic mass is 35.5. The van der Waals surface area contributed by atoms with E-state index in [1.54, 1.807) is 49.6 Å². The fraction of sp³-hybridized carbons (Fsp3) is 0.179. The lowest BCUT2D eigenvalue weighted by atomic mass is 10.1. The molecule has 0 aromatic heterocycles. The third-order valence-electron chi connectivity index (χ3n) is 5.68. The van der Waals surface area contributed by atoms with E-state index in [4.69, 9.17) is 38.0 Å². The molecule has 3 aromatic carbocycles. The van der Waals surface area contributed by atoms with Crippen LogP contribution >= 0.6 is 35.6 Å². The summed E-state index contributed by atoms with van der Waals surface area (Å²) in [6.45, 7) is 3.65. The molecule has 196 valence electrons. The number of anilines is 2. The van der Waals surface area contributed by atoms with Gasteiger partial charge in [0.25, 0.3) is 11.8 Å². The van der Waals surface area contributed by atoms with E-state index < -0.39 is 0 Å². The lowest BCUT2D eigenvalue weighted by Crippen LogP contribution is -2.27. The van der Waals surface area contributed by atoms with E-state index in [1.165, 1.54) is 23.8 Å². The fourth-order valence-electron chi connectivity index (χ4n) is 3.81. The van der Waals surface area contributed by atoms with Gasteiger partial charge in [-0.25, -0.2) is 0 Å². The van der Waals surface area contributed by atoms with Crippen molar-refractivity contribution in [1.29, 1.82) is 0 Å². The molecular weight excluding hydrogens is 544 g/mol. The fourth-order valence-corrected chi connectivity index (χ4v) is 5.39. The van der Waals surface area contributed by atoms with Crippen molar-refractivity contribution in [3.8, 4) is 17.2 Å². The second-order valence-electron chi connectivity index (χ2n) is 8.40. The van der Waals surface area contributed by atoms with Gasteiger partial charge in [0.1, 0.15) is 5.75 Å². The summed E-state index contributed by atoms with van der Waals surface area (Å²) in [5, 5.41) is 3.07. The molecule has 0 saturated carbocycles. The number of methoxy groups -OCH3 is 2. The number of thioether (sulfide) groups is 1. The van der Waals surface area contributed by atoms with E-state index in [1.807, 2.05) is 32.0 Å². The highest BCUT2D eigenvalue weighted by molar-refractivity contribution is 8.27. The molecule has 0 spiro atoms. The molecule has 2 amide bonds. The van der Waals surface area contributed by atoms with Gasteiger partial charge in [-0.2, -0.15) is 0 Å². The van der Waals surface area contributed by atoms with Crippen LogP contribution in [0.3, 0.4) is 0 Å². The molecule has 1 heterocycles. The average molecular weight is 569 g/mol. The number of carbonyl (C=O) groups excluding carboxylic acids is 2. The van der Waals surface area contributed by atoms with Crippen LogP contribution in [0.5, 0.6) is 17.2 Å². The second kappa shape index (κ2) is 11.9. The van der Waals surface area contributed by atoms with Crippen LogP contribution in [0.25, 0.3) is 6.08 Å². The maximum atomic E-state index is 13.1. The van der Waals surface area contributed by atoms with E-state index in [-0.39, 0.29) is 29.2 Å². The van der Waals surface area contributed by atoms with Crippen LogP contribution in [-0.2, 0) is 9.59 Å². The van der Waals surface area contributed by atoms with Crippen molar-refractivity contribution in [1.82, 2.24) is 0 Å². The standard InChI is InChI=1S/C28H25ClN2O5S2/c1-16-5-10-22(17(2)11-16)30-25(32)15-36-26-21(29)12-18(13-23(26)35-4)14-24-27(33)31(28(37)38-24)19-6-8-20(34-3)9-7-19/h5-14H,15H2,1-4H3,(H,30,32)/b24-14-. The third-order valence-corrected chi connectivity index (χ3v) is 7.26. The highest BCUT2D eigenvalue weighted by Crippen LogP contribution is 2.40. The van der Waals surface area contributed by atoms with Gasteiger partial charge >= 0.3 is 0 Å². The average Bonchev–Trinajstić information content (AvgIpc) is 3.17. The summed E-state index contributed by atoms with van der Waals surface area (Å²) in [6, 6.07) is 16.2. The van der Waals surface area contributed by atoms with Crippen LogP contribution < -0.4 is 24.4 Å². The van der Waals surface area contributed by atoms with Crippen molar-refractivity contribution < 1.29 is 23.8 Å². The highest BCUT2D eigenvalue weighted by Gasteiger charge is 2.33. The van der Waals surface area contributed by atoms with Crippen LogP contribution in [-0.4, -0.2) is 37.0 Å². The summed E-state index contributed by atoms with van der Waals surface area (Å²) in [6.07, 6.45) is 1.69. The van der Waals surface area contributed by atoms with Crippen LogP contribution in [0, 0.1) is 13.8 Å². The number of rotatable bonds is 8. The van der Waals surface area contributed by atoms with Gasteiger partial charge in [-0.1, -0.05) is 53.3 Å². The molecule has 4 rings (SSSR count). The van der Waals surface area contributed by atoms with Gasteiger partial charge in [0, 0.05) is 5.69 Å². The number of ether oxygens (including phenoxy) is 3. The van der Waals surface area contributed by atoms with Crippen molar-refractivity contribution in [3.63, 3.8) is 0 Å². The molecule has 0 aliphatic carbocycles. The number of benzene rings is 3. The van der Waals surface area contributed by atoms with Crippen molar-refractivity contribution >= 4 is 69.2 Å². The lowest BCUT2D eigenvalue weighted by Gasteiger charge is -2.15. The first-order chi connectivity index (χ1) is 18.2. The minimum atomic E-state index is -0.332. The smallest absolute Gasteiger partial charge is 0.270 e. The van der Waals surface area contributed by atoms with Crippen molar-refractivity contribution in [2.24, 2.45) is 0 Å². The number of nitrogens with zero attached hydrogens (tertiary/aromatic N) is 1. The number of halogens is 1. The zero-order valence-electron chi connectivity index (χ0n) is 21.2. The summed E-state index contributed by atoms with van der Waals surface area (Å²) < 4.78 is 16.8. The maximum absolute atomic E-state index is 13.1. The monoisotopic (exact) mass is 568 g/mol. The quantitative estimate of drug-likeness (QED) is 0.249. The van der Waals surface area contributed by atoms with Gasteiger partial charge in [-0.05, 0) is 73.5 Å². The largest absolute Gasteiger partial charge is 0.497 e. The molecule has 1 fully saturated rings. The predicted molar refractivity (Wildman–Crippen MR) is 157 cm³/mol. The number of aryl methyl sites for hydroxylation is 2. The summed E-state index contributed by atoms with van der Waals surface area (Å²) in [5.41, 5.74) is 4.04. The number of hydrogen-bond donors (Lipinski definition) is 1. The molecule has 1 aliphatic heterocycles. The molecule has 0 unspecified atom stereocenters. The van der Waals surface area contributed by atoms with E-state index >= 15 is 0 Å². The van der Waals surface area contributed by atoms with Gasteiger partial charge < -0.3 is 19.5 Å². The number of hydrogen-bond acceptors (Lipinski definition) is 7. The number of carbonyl (C=O) groups is 2. The van der Waals surface area contributed by atoms with Gasteiger partial charge in [0.2, 0.25) is 0 Å². The SMILES string of the molecule is COc1ccc(N2C(=O)/C(=C/c3cc(Cl)c(OCC(=O)Nc4ccc(C)cc4C)c(OC)c3)SC2=S)cc1. The zero-order chi connectivity index (χ0) is 27.4. The van der Waals surface area contributed by atoms with Crippen molar-refractivity contribution in [3.05, 3.63) is 81.2 Å². The van der Waals surface area contributed by atoms with Crippen molar-refractivity contribution in [2.45, 2.75) is 13.8 Å². The molecule has 7 nitrogen and oxygen atoms in total. The van der Waals surface area contributed by atoms with Crippen LogP contribution in [0.1, 0.15) is 16.7 Å². The third kappa shape index (κ3) is 6.12. The van der Waals surface area contributed by atoms with E-state index in [2.05, 4.69) is 5.32 Å². The topological polar surface area (TPSA) is 77.1 Å². The first kappa shape index (κ1) is 27.5. The summed E-state index contributed by atoms with van der Waals surface area (Å²) in [7, 11) is 3.05. The summed E-state index contributed by atoms with van der Waals surface area (Å²) in [5.74, 6) is 0.660. The first-order valence-corrected chi connectivity index (χ1v) is 13.1. The van der Waals surface area contributed by atoms with Gasteiger partial charge in [0.05, 0.1) is 29.8 Å². The Balaban J connectivity index is 1.49. The normalized spacial score (nSPS) is 14.1. The Morgan fingerprint density at radius 3 is 2.47 bits per heavy atom. The zero-order valence-corrected chi connectivity index (χ0v) is 23.6. The first-order valence-electron chi connectivity index (χ1n) is 11.5. The molecule has 0 atom stereocenters. The molecule has 1 aliphatic rings. The van der Waals surface area contributed by atoms with E-state index in [0.29, 0.717) is 37.7 Å². The Morgan fingerprint density at radius 1 is 1.08 bits per heavy atom. The number of amides is 2. The predicted octanol–water partition coefficient (Wildman–Crippen LogP) is 6.40. The Kier molecular flexibility index (Phi) is 8.61. The Labute approximate surface area is 235 Å². The second-order valence-corrected chi connectivity index (χ2v) is 10.5. The van der Waals surface area contributed by atoms with Crippen molar-refractivity contribution in [2.75, 3.05) is 31.0 Å². The van der Waals surface area contributed by atoms with Gasteiger partial charge in [-0.15, -0.1) is 0 Å². The Hall–Kier alpha value is -3.53. The number of thiocarbonyl (C=S) groups is 1. The Morgan fingerprint density at radius 2 is 1.82 bits per heavy atom. The van der Waals surface area contributed by atoms with Gasteiger partial charge in [-0.3, -0.25) is 14.5 Å². The molecule has 3 aromatic rings. The molecule has 10 heteroatoms. The lowest BCUT2D eigenvalue weighted by molar-refractivity contribution is -0.118. The molecule has 1 N–H and O–H groups in total. The minimum Gasteiger partial charge on any atom is -0.497 e. The van der Waals surface area contributed by atoms with Gasteiger partial charge in [0.15, 0.2) is 22.4 Å². The molecule has 38 heavy (non-hydrogen) atoms. The molecule has 0 bridgehead atoms. The van der Waals surface area contributed by atoms with E-state index in [0.717, 1.165) is 11.1 Å². The Bertz CT molecular complexity index is 1440. The van der Waals surface area contributed by atoms with E-state index in [9.17, 15) is 9.59 Å². The van der Waals surface area contributed by atoms with Crippen LogP contribution in [0.4, 0.5) is 11.4 Å². The van der Waals surface area contributed by atoms with Crippen LogP contribution in [0.2, 0.25) is 5.02 Å². The summed E-state index contributed by atoms with van der Waals surface area (Å²) >= 11 is 13.1.